The average molecular weight is 346 g/mol. The zero-order valence-electron chi connectivity index (χ0n) is 15.0. The molecule has 0 spiro atoms. The van der Waals surface area contributed by atoms with Crippen LogP contribution in [0.5, 0.6) is 0 Å². The number of piperidine rings is 1. The molecule has 3 aliphatic rings. The highest BCUT2D eigenvalue weighted by atomic mass is 16.5. The third-order valence-corrected chi connectivity index (χ3v) is 6.06. The van der Waals surface area contributed by atoms with Crippen LogP contribution in [0.25, 0.3) is 0 Å². The molecule has 3 fully saturated rings. The molecule has 6 heteroatoms. The lowest BCUT2D eigenvalue weighted by molar-refractivity contribution is -0.133. The van der Waals surface area contributed by atoms with Crippen molar-refractivity contribution in [2.75, 3.05) is 32.8 Å². The van der Waals surface area contributed by atoms with E-state index in [0.29, 0.717) is 18.9 Å². The van der Waals surface area contributed by atoms with E-state index in [-0.39, 0.29) is 11.9 Å². The molecule has 1 aliphatic carbocycles. The summed E-state index contributed by atoms with van der Waals surface area (Å²) < 4.78 is 7.82. The lowest BCUT2D eigenvalue weighted by atomic mass is 9.85. The fraction of sp³-hybridized carbons (Fsp3) is 0.789. The molecule has 0 radical (unpaired) electrons. The minimum absolute atomic E-state index is 0.181. The van der Waals surface area contributed by atoms with Crippen molar-refractivity contribution in [3.05, 3.63) is 18.2 Å². The Kier molecular flexibility index (Phi) is 5.36. The SMILES string of the molecule is O=C(C[C@@H]1COCCN1)N1CCC(c2nccn2CC2CCC2)CC1. The van der Waals surface area contributed by atoms with Gasteiger partial charge < -0.3 is 19.5 Å². The molecular formula is C19H30N4O2. The lowest BCUT2D eigenvalue weighted by Crippen LogP contribution is -2.46. The summed E-state index contributed by atoms with van der Waals surface area (Å²) in [6.07, 6.45) is 10.8. The van der Waals surface area contributed by atoms with E-state index in [4.69, 9.17) is 4.74 Å². The lowest BCUT2D eigenvalue weighted by Gasteiger charge is -2.34. The number of hydrogen-bond acceptors (Lipinski definition) is 4. The molecule has 0 bridgehead atoms. The predicted molar refractivity (Wildman–Crippen MR) is 95.3 cm³/mol. The molecule has 138 valence electrons. The number of rotatable bonds is 5. The zero-order valence-corrected chi connectivity index (χ0v) is 15.0. The number of morpholine rings is 1. The quantitative estimate of drug-likeness (QED) is 0.883. The predicted octanol–water partition coefficient (Wildman–Crippen LogP) is 1.77. The van der Waals surface area contributed by atoms with Crippen molar-refractivity contribution in [2.45, 2.75) is 57.0 Å². The fourth-order valence-corrected chi connectivity index (χ4v) is 4.27. The Morgan fingerprint density at radius 2 is 2.12 bits per heavy atom. The van der Waals surface area contributed by atoms with Crippen LogP contribution >= 0.6 is 0 Å². The van der Waals surface area contributed by atoms with E-state index in [1.807, 2.05) is 11.1 Å². The van der Waals surface area contributed by atoms with Crippen LogP contribution in [-0.4, -0.2) is 59.2 Å². The second-order valence-corrected chi connectivity index (χ2v) is 7.82. The maximum absolute atomic E-state index is 12.5. The van der Waals surface area contributed by atoms with E-state index in [1.54, 1.807) is 0 Å². The summed E-state index contributed by atoms with van der Waals surface area (Å²) in [7, 11) is 0. The molecule has 0 aromatic carbocycles. The maximum atomic E-state index is 12.5. The zero-order chi connectivity index (χ0) is 17.1. The number of likely N-dealkylation sites (tertiary alicyclic amines) is 1. The first kappa shape index (κ1) is 17.0. The fourth-order valence-electron chi connectivity index (χ4n) is 4.27. The van der Waals surface area contributed by atoms with E-state index in [0.717, 1.165) is 51.5 Å². The first-order chi connectivity index (χ1) is 12.3. The smallest absolute Gasteiger partial charge is 0.224 e. The second-order valence-electron chi connectivity index (χ2n) is 7.82. The van der Waals surface area contributed by atoms with Crippen LogP contribution in [0.4, 0.5) is 0 Å². The molecule has 3 heterocycles. The van der Waals surface area contributed by atoms with Crippen molar-refractivity contribution in [2.24, 2.45) is 5.92 Å². The summed E-state index contributed by atoms with van der Waals surface area (Å²) in [5.74, 6) is 2.84. The number of hydrogen-bond donors (Lipinski definition) is 1. The largest absolute Gasteiger partial charge is 0.378 e. The van der Waals surface area contributed by atoms with Gasteiger partial charge in [0.15, 0.2) is 0 Å². The highest BCUT2D eigenvalue weighted by Gasteiger charge is 2.29. The summed E-state index contributed by atoms with van der Waals surface area (Å²) >= 11 is 0. The van der Waals surface area contributed by atoms with Crippen molar-refractivity contribution in [3.63, 3.8) is 0 Å². The molecule has 2 saturated heterocycles. The molecule has 1 amide bonds. The van der Waals surface area contributed by atoms with Gasteiger partial charge in [-0.2, -0.15) is 0 Å². The van der Waals surface area contributed by atoms with Gasteiger partial charge in [-0.1, -0.05) is 6.42 Å². The molecule has 1 saturated carbocycles. The average Bonchev–Trinajstić information content (AvgIpc) is 3.07. The highest BCUT2D eigenvalue weighted by Crippen LogP contribution is 2.31. The number of amides is 1. The molecule has 4 rings (SSSR count). The Balaban J connectivity index is 1.28. The summed E-state index contributed by atoms with van der Waals surface area (Å²) in [6, 6.07) is 0.181. The number of aromatic nitrogens is 2. The number of nitrogens with zero attached hydrogens (tertiary/aromatic N) is 3. The summed E-state index contributed by atoms with van der Waals surface area (Å²) in [5, 5.41) is 3.37. The summed E-state index contributed by atoms with van der Waals surface area (Å²) in [6.45, 7) is 5.09. The Morgan fingerprint density at radius 3 is 2.80 bits per heavy atom. The third kappa shape index (κ3) is 4.06. The van der Waals surface area contributed by atoms with Gasteiger partial charge in [0, 0.05) is 57.0 Å². The Morgan fingerprint density at radius 1 is 1.28 bits per heavy atom. The second kappa shape index (κ2) is 7.87. The van der Waals surface area contributed by atoms with Crippen molar-refractivity contribution in [3.8, 4) is 0 Å². The van der Waals surface area contributed by atoms with E-state index in [1.165, 1.54) is 25.1 Å². The minimum atomic E-state index is 0.181. The maximum Gasteiger partial charge on any atom is 0.224 e. The van der Waals surface area contributed by atoms with Crippen molar-refractivity contribution in [1.82, 2.24) is 19.8 Å². The molecule has 2 aliphatic heterocycles. The third-order valence-electron chi connectivity index (χ3n) is 6.06. The van der Waals surface area contributed by atoms with E-state index >= 15 is 0 Å². The monoisotopic (exact) mass is 346 g/mol. The van der Waals surface area contributed by atoms with Crippen molar-refractivity contribution in [1.29, 1.82) is 0 Å². The Labute approximate surface area is 149 Å². The van der Waals surface area contributed by atoms with Gasteiger partial charge in [-0.3, -0.25) is 4.79 Å². The van der Waals surface area contributed by atoms with Gasteiger partial charge in [0.2, 0.25) is 5.91 Å². The standard InChI is InChI=1S/C19H30N4O2/c24-18(12-17-14-25-11-7-20-17)22-8-4-16(5-9-22)19-21-6-10-23(19)13-15-2-1-3-15/h6,10,15-17,20H,1-5,7-9,11-14H2/t17-/m1/s1. The molecular weight excluding hydrogens is 316 g/mol. The topological polar surface area (TPSA) is 59.4 Å². The van der Waals surface area contributed by atoms with E-state index in [2.05, 4.69) is 21.1 Å². The number of imidazole rings is 1. The van der Waals surface area contributed by atoms with E-state index in [9.17, 15) is 4.79 Å². The number of carbonyl (C=O) groups is 1. The van der Waals surface area contributed by atoms with Gasteiger partial charge in [-0.15, -0.1) is 0 Å². The van der Waals surface area contributed by atoms with Gasteiger partial charge in [0.25, 0.3) is 0 Å². The van der Waals surface area contributed by atoms with Crippen LogP contribution in [0.15, 0.2) is 12.4 Å². The first-order valence-electron chi connectivity index (χ1n) is 9.89. The minimum Gasteiger partial charge on any atom is -0.378 e. The highest BCUT2D eigenvalue weighted by molar-refractivity contribution is 5.77. The van der Waals surface area contributed by atoms with Gasteiger partial charge in [-0.25, -0.2) is 4.98 Å². The molecule has 6 nitrogen and oxygen atoms in total. The first-order valence-corrected chi connectivity index (χ1v) is 9.89. The van der Waals surface area contributed by atoms with Crippen LogP contribution in [0.2, 0.25) is 0 Å². The molecule has 25 heavy (non-hydrogen) atoms. The van der Waals surface area contributed by atoms with Gasteiger partial charge in [-0.05, 0) is 31.6 Å². The molecule has 1 N–H and O–H groups in total. The Hall–Kier alpha value is -1.40. The van der Waals surface area contributed by atoms with Crippen LogP contribution in [0.3, 0.4) is 0 Å². The summed E-state index contributed by atoms with van der Waals surface area (Å²) in [5.41, 5.74) is 0. The number of carbonyl (C=O) groups excluding carboxylic acids is 1. The van der Waals surface area contributed by atoms with Crippen LogP contribution in [0.1, 0.15) is 50.3 Å². The van der Waals surface area contributed by atoms with Gasteiger partial charge >= 0.3 is 0 Å². The van der Waals surface area contributed by atoms with Crippen LogP contribution in [0, 0.1) is 5.92 Å². The van der Waals surface area contributed by atoms with Gasteiger partial charge in [0.1, 0.15) is 5.82 Å². The number of nitrogens with one attached hydrogen (secondary N) is 1. The van der Waals surface area contributed by atoms with Crippen molar-refractivity contribution >= 4 is 5.91 Å². The van der Waals surface area contributed by atoms with Gasteiger partial charge in [0.05, 0.1) is 13.2 Å². The number of ether oxygens (including phenoxy) is 1. The Bertz CT molecular complexity index is 570. The van der Waals surface area contributed by atoms with E-state index < -0.39 is 0 Å². The molecule has 1 atom stereocenters. The molecule has 1 aromatic heterocycles. The summed E-state index contributed by atoms with van der Waals surface area (Å²) in [4.78, 5) is 19.2. The van der Waals surface area contributed by atoms with Crippen molar-refractivity contribution < 1.29 is 9.53 Å². The van der Waals surface area contributed by atoms with Crippen LogP contribution in [-0.2, 0) is 16.1 Å². The van der Waals surface area contributed by atoms with Crippen LogP contribution < -0.4 is 5.32 Å². The molecule has 0 unspecified atom stereocenters. The molecule has 1 aromatic rings. The normalized spacial score (nSPS) is 25.8.